The first kappa shape index (κ1) is 11.5. The Balaban J connectivity index is 2.05. The van der Waals surface area contributed by atoms with Gasteiger partial charge in [0.25, 0.3) is 0 Å². The minimum atomic E-state index is 0.626. The highest BCUT2D eigenvalue weighted by atomic mass is 79.9. The van der Waals surface area contributed by atoms with Crippen LogP contribution in [0.5, 0.6) is 5.75 Å². The molecule has 2 nitrogen and oxygen atoms in total. The van der Waals surface area contributed by atoms with Gasteiger partial charge >= 0.3 is 0 Å². The number of hydrogen-bond acceptors (Lipinski definition) is 2. The van der Waals surface area contributed by atoms with Crippen LogP contribution in [-0.2, 0) is 6.42 Å². The number of methoxy groups -OCH3 is 1. The highest BCUT2D eigenvalue weighted by Crippen LogP contribution is 2.48. The Kier molecular flexibility index (Phi) is 2.91. The summed E-state index contributed by atoms with van der Waals surface area (Å²) in [6, 6.07) is 5.11. The SMILES string of the molecule is COc1cc2c(cc1Br)C(C1CC1)N(C)CC2. The zero-order valence-electron chi connectivity index (χ0n) is 10.4. The Hall–Kier alpha value is -0.540. The fourth-order valence-corrected chi connectivity index (χ4v) is 3.48. The van der Waals surface area contributed by atoms with E-state index in [1.807, 2.05) is 0 Å². The third kappa shape index (κ3) is 2.00. The van der Waals surface area contributed by atoms with Crippen LogP contribution < -0.4 is 4.74 Å². The molecule has 0 radical (unpaired) electrons. The fourth-order valence-electron chi connectivity index (χ4n) is 2.96. The topological polar surface area (TPSA) is 12.5 Å². The van der Waals surface area contributed by atoms with Gasteiger partial charge in [0, 0.05) is 12.6 Å². The maximum atomic E-state index is 5.39. The van der Waals surface area contributed by atoms with Crippen molar-refractivity contribution in [2.45, 2.75) is 25.3 Å². The lowest BCUT2D eigenvalue weighted by Crippen LogP contribution is -2.33. The molecule has 1 aromatic rings. The molecule has 0 saturated heterocycles. The van der Waals surface area contributed by atoms with Gasteiger partial charge in [-0.25, -0.2) is 0 Å². The molecule has 0 N–H and O–H groups in total. The van der Waals surface area contributed by atoms with Crippen LogP contribution in [0.3, 0.4) is 0 Å². The zero-order chi connectivity index (χ0) is 12.0. The Morgan fingerprint density at radius 2 is 2.12 bits per heavy atom. The van der Waals surface area contributed by atoms with E-state index < -0.39 is 0 Å². The molecule has 1 unspecified atom stereocenters. The second-order valence-corrected chi connectivity index (χ2v) is 6.05. The molecule has 0 spiro atoms. The molecule has 17 heavy (non-hydrogen) atoms. The lowest BCUT2D eigenvalue weighted by Gasteiger charge is -2.35. The van der Waals surface area contributed by atoms with E-state index in [1.54, 1.807) is 7.11 Å². The second kappa shape index (κ2) is 4.29. The minimum Gasteiger partial charge on any atom is -0.496 e. The molecule has 1 aliphatic heterocycles. The second-order valence-electron chi connectivity index (χ2n) is 5.20. The van der Waals surface area contributed by atoms with Crippen LogP contribution in [-0.4, -0.2) is 25.6 Å². The Labute approximate surface area is 111 Å². The first-order chi connectivity index (χ1) is 8.20. The Bertz CT molecular complexity index is 442. The van der Waals surface area contributed by atoms with Crippen LogP contribution in [0.2, 0.25) is 0 Å². The molecule has 1 aromatic carbocycles. The average Bonchev–Trinajstić information content (AvgIpc) is 3.12. The van der Waals surface area contributed by atoms with E-state index >= 15 is 0 Å². The minimum absolute atomic E-state index is 0.626. The van der Waals surface area contributed by atoms with E-state index in [2.05, 4.69) is 40.0 Å². The number of nitrogens with zero attached hydrogens (tertiary/aromatic N) is 1. The molecular weight excluding hydrogens is 278 g/mol. The average molecular weight is 296 g/mol. The summed E-state index contributed by atoms with van der Waals surface area (Å²) in [5.74, 6) is 1.84. The van der Waals surface area contributed by atoms with Crippen LogP contribution in [0, 0.1) is 5.92 Å². The van der Waals surface area contributed by atoms with Crippen molar-refractivity contribution in [3.05, 3.63) is 27.7 Å². The molecule has 0 amide bonds. The normalized spacial score (nSPS) is 24.5. The standard InChI is InChI=1S/C14H18BrNO/c1-16-6-5-10-7-13(17-2)12(15)8-11(10)14(16)9-3-4-9/h7-9,14H,3-6H2,1-2H3. The predicted octanol–water partition coefficient (Wildman–Crippen LogP) is 3.40. The van der Waals surface area contributed by atoms with E-state index in [9.17, 15) is 0 Å². The van der Waals surface area contributed by atoms with Crippen molar-refractivity contribution in [1.29, 1.82) is 0 Å². The molecule has 0 aromatic heterocycles. The van der Waals surface area contributed by atoms with Gasteiger partial charge in [-0.3, -0.25) is 4.90 Å². The van der Waals surface area contributed by atoms with Gasteiger partial charge in [0.15, 0.2) is 0 Å². The van der Waals surface area contributed by atoms with Crippen molar-refractivity contribution in [3.63, 3.8) is 0 Å². The number of hydrogen-bond donors (Lipinski definition) is 0. The van der Waals surface area contributed by atoms with Crippen molar-refractivity contribution in [2.24, 2.45) is 5.92 Å². The zero-order valence-corrected chi connectivity index (χ0v) is 12.0. The van der Waals surface area contributed by atoms with Gasteiger partial charge in [-0.2, -0.15) is 0 Å². The predicted molar refractivity (Wildman–Crippen MR) is 72.5 cm³/mol. The number of ether oxygens (including phenoxy) is 1. The summed E-state index contributed by atoms with van der Waals surface area (Å²) in [5.41, 5.74) is 2.98. The van der Waals surface area contributed by atoms with Gasteiger partial charge in [-0.15, -0.1) is 0 Å². The largest absolute Gasteiger partial charge is 0.496 e. The number of fused-ring (bicyclic) bond motifs is 1. The van der Waals surface area contributed by atoms with Crippen LogP contribution in [0.25, 0.3) is 0 Å². The van der Waals surface area contributed by atoms with E-state index in [4.69, 9.17) is 4.74 Å². The molecule has 3 heteroatoms. The summed E-state index contributed by atoms with van der Waals surface area (Å²) in [6.45, 7) is 1.17. The van der Waals surface area contributed by atoms with E-state index in [0.717, 1.165) is 22.6 Å². The first-order valence-corrected chi connectivity index (χ1v) is 7.06. The fraction of sp³-hybridized carbons (Fsp3) is 0.571. The lowest BCUT2D eigenvalue weighted by molar-refractivity contribution is 0.207. The highest BCUT2D eigenvalue weighted by Gasteiger charge is 2.38. The van der Waals surface area contributed by atoms with Gasteiger partial charge in [0.05, 0.1) is 11.6 Å². The van der Waals surface area contributed by atoms with Crippen LogP contribution in [0.1, 0.15) is 30.0 Å². The van der Waals surface area contributed by atoms with Crippen molar-refractivity contribution in [1.82, 2.24) is 4.90 Å². The summed E-state index contributed by atoms with van der Waals surface area (Å²) >= 11 is 3.61. The summed E-state index contributed by atoms with van der Waals surface area (Å²) < 4.78 is 6.47. The van der Waals surface area contributed by atoms with E-state index in [-0.39, 0.29) is 0 Å². The van der Waals surface area contributed by atoms with Gasteiger partial charge in [0.1, 0.15) is 5.75 Å². The molecule has 1 heterocycles. The van der Waals surface area contributed by atoms with Gasteiger partial charge < -0.3 is 4.74 Å². The third-order valence-corrected chi connectivity index (χ3v) is 4.63. The Morgan fingerprint density at radius 3 is 2.76 bits per heavy atom. The molecule has 92 valence electrons. The van der Waals surface area contributed by atoms with Crippen LogP contribution in [0.4, 0.5) is 0 Å². The Morgan fingerprint density at radius 1 is 1.35 bits per heavy atom. The van der Waals surface area contributed by atoms with Crippen LogP contribution >= 0.6 is 15.9 Å². The summed E-state index contributed by atoms with van der Waals surface area (Å²) in [5, 5.41) is 0. The molecule has 0 bridgehead atoms. The quantitative estimate of drug-likeness (QED) is 0.829. The smallest absolute Gasteiger partial charge is 0.133 e. The molecule has 1 saturated carbocycles. The van der Waals surface area contributed by atoms with Crippen molar-refractivity contribution >= 4 is 15.9 Å². The number of likely N-dealkylation sites (N-methyl/N-ethyl adjacent to an activating group) is 1. The van der Waals surface area contributed by atoms with Crippen molar-refractivity contribution in [3.8, 4) is 5.75 Å². The van der Waals surface area contributed by atoms with Crippen molar-refractivity contribution in [2.75, 3.05) is 20.7 Å². The molecule has 3 rings (SSSR count). The number of rotatable bonds is 2. The molecular formula is C14H18BrNO. The first-order valence-electron chi connectivity index (χ1n) is 6.27. The summed E-state index contributed by atoms with van der Waals surface area (Å²) in [6.07, 6.45) is 3.91. The highest BCUT2D eigenvalue weighted by molar-refractivity contribution is 9.10. The molecule has 1 atom stereocenters. The maximum Gasteiger partial charge on any atom is 0.133 e. The lowest BCUT2D eigenvalue weighted by atomic mass is 9.90. The van der Waals surface area contributed by atoms with Crippen molar-refractivity contribution < 1.29 is 4.74 Å². The number of benzene rings is 1. The van der Waals surface area contributed by atoms with E-state index in [0.29, 0.717) is 6.04 Å². The summed E-state index contributed by atoms with van der Waals surface area (Å²) in [4.78, 5) is 2.51. The van der Waals surface area contributed by atoms with E-state index in [1.165, 1.54) is 30.5 Å². The molecule has 1 fully saturated rings. The monoisotopic (exact) mass is 295 g/mol. The van der Waals surface area contributed by atoms with Gasteiger partial charge in [-0.1, -0.05) is 0 Å². The maximum absolute atomic E-state index is 5.39. The van der Waals surface area contributed by atoms with Gasteiger partial charge in [-0.05, 0) is 71.4 Å². The molecule has 2 aliphatic rings. The number of halogens is 1. The summed E-state index contributed by atoms with van der Waals surface area (Å²) in [7, 11) is 3.99. The van der Waals surface area contributed by atoms with Crippen LogP contribution in [0.15, 0.2) is 16.6 Å². The van der Waals surface area contributed by atoms with Gasteiger partial charge in [0.2, 0.25) is 0 Å². The molecule has 1 aliphatic carbocycles. The third-order valence-electron chi connectivity index (χ3n) is 4.01.